The van der Waals surface area contributed by atoms with Gasteiger partial charge < -0.3 is 25.4 Å². The van der Waals surface area contributed by atoms with Crippen LogP contribution in [0.3, 0.4) is 0 Å². The molecular formula is C27H39NO4. The molecule has 0 spiro atoms. The SMILES string of the molecule is CC#CC[C@H](C)[C@H](O)C=C[C@@H]1[C@H]2c3cccc(CCCCNCCCO)c3O[C@H]2C[C@H]1O. The molecule has 3 rings (SSSR count). The Kier molecular flexibility index (Phi) is 9.62. The van der Waals surface area contributed by atoms with Gasteiger partial charge in [-0.25, -0.2) is 0 Å². The third-order valence-electron chi connectivity index (χ3n) is 6.76. The van der Waals surface area contributed by atoms with Crippen molar-refractivity contribution in [1.82, 2.24) is 5.32 Å². The molecule has 1 aromatic rings. The summed E-state index contributed by atoms with van der Waals surface area (Å²) in [5, 5.41) is 33.4. The number of aliphatic hydroxyl groups excluding tert-OH is 3. The van der Waals surface area contributed by atoms with E-state index in [-0.39, 0.29) is 30.5 Å². The fraction of sp³-hybridized carbons (Fsp3) is 0.630. The van der Waals surface area contributed by atoms with Gasteiger partial charge >= 0.3 is 0 Å². The van der Waals surface area contributed by atoms with Crippen molar-refractivity contribution in [3.63, 3.8) is 0 Å². The zero-order valence-electron chi connectivity index (χ0n) is 19.5. The lowest BCUT2D eigenvalue weighted by Crippen LogP contribution is -2.19. The molecule has 176 valence electrons. The highest BCUT2D eigenvalue weighted by Gasteiger charge is 2.48. The number of ether oxygens (including phenoxy) is 1. The summed E-state index contributed by atoms with van der Waals surface area (Å²) >= 11 is 0. The number of fused-ring (bicyclic) bond motifs is 3. The van der Waals surface area contributed by atoms with Crippen molar-refractivity contribution in [3.8, 4) is 17.6 Å². The molecule has 1 aliphatic heterocycles. The van der Waals surface area contributed by atoms with Gasteiger partial charge in [-0.15, -0.1) is 11.8 Å². The number of aryl methyl sites for hydroxylation is 1. The average molecular weight is 442 g/mol. The highest BCUT2D eigenvalue weighted by molar-refractivity contribution is 5.49. The molecule has 32 heavy (non-hydrogen) atoms. The maximum absolute atomic E-state index is 10.7. The molecule has 1 aliphatic carbocycles. The van der Waals surface area contributed by atoms with Crippen LogP contribution in [-0.2, 0) is 6.42 Å². The summed E-state index contributed by atoms with van der Waals surface area (Å²) in [6, 6.07) is 6.39. The Morgan fingerprint density at radius 1 is 1.25 bits per heavy atom. The normalized spacial score (nSPS) is 25.7. The van der Waals surface area contributed by atoms with E-state index < -0.39 is 12.2 Å². The molecule has 0 aromatic heterocycles. The number of hydrogen-bond acceptors (Lipinski definition) is 5. The topological polar surface area (TPSA) is 82.0 Å². The van der Waals surface area contributed by atoms with Crippen molar-refractivity contribution < 1.29 is 20.1 Å². The van der Waals surface area contributed by atoms with Crippen molar-refractivity contribution >= 4 is 0 Å². The Hall–Kier alpha value is -1.84. The molecule has 0 amide bonds. The van der Waals surface area contributed by atoms with E-state index >= 15 is 0 Å². The Bertz CT molecular complexity index is 812. The Balaban J connectivity index is 1.62. The van der Waals surface area contributed by atoms with Crippen LogP contribution in [0.15, 0.2) is 30.4 Å². The van der Waals surface area contributed by atoms with Crippen LogP contribution in [0.1, 0.15) is 63.0 Å². The van der Waals surface area contributed by atoms with E-state index in [1.165, 1.54) is 11.1 Å². The lowest BCUT2D eigenvalue weighted by atomic mass is 9.86. The molecule has 0 unspecified atom stereocenters. The first-order chi connectivity index (χ1) is 15.6. The molecule has 0 radical (unpaired) electrons. The second kappa shape index (κ2) is 12.4. The molecule has 1 fully saturated rings. The number of aliphatic hydroxyl groups is 3. The average Bonchev–Trinajstić information content (AvgIpc) is 3.30. The summed E-state index contributed by atoms with van der Waals surface area (Å²) in [6.45, 7) is 5.87. The third-order valence-corrected chi connectivity index (χ3v) is 6.76. The fourth-order valence-electron chi connectivity index (χ4n) is 4.88. The second-order valence-electron chi connectivity index (χ2n) is 9.17. The smallest absolute Gasteiger partial charge is 0.126 e. The maximum Gasteiger partial charge on any atom is 0.126 e. The van der Waals surface area contributed by atoms with Gasteiger partial charge in [-0.2, -0.15) is 0 Å². The van der Waals surface area contributed by atoms with E-state index in [4.69, 9.17) is 9.84 Å². The summed E-state index contributed by atoms with van der Waals surface area (Å²) in [6.07, 6.45) is 8.03. The predicted molar refractivity (Wildman–Crippen MR) is 128 cm³/mol. The van der Waals surface area contributed by atoms with Crippen LogP contribution in [0.2, 0.25) is 0 Å². The van der Waals surface area contributed by atoms with Crippen LogP contribution in [0.4, 0.5) is 0 Å². The minimum absolute atomic E-state index is 0.00327. The van der Waals surface area contributed by atoms with E-state index in [0.29, 0.717) is 12.8 Å². The largest absolute Gasteiger partial charge is 0.489 e. The van der Waals surface area contributed by atoms with Crippen molar-refractivity contribution in [3.05, 3.63) is 41.5 Å². The zero-order chi connectivity index (χ0) is 22.9. The molecule has 0 bridgehead atoms. The third kappa shape index (κ3) is 6.14. The van der Waals surface area contributed by atoms with Crippen LogP contribution in [-0.4, -0.2) is 53.3 Å². The van der Waals surface area contributed by atoms with Crippen LogP contribution in [0, 0.1) is 23.7 Å². The zero-order valence-corrected chi connectivity index (χ0v) is 19.5. The minimum Gasteiger partial charge on any atom is -0.489 e. The molecule has 1 aromatic carbocycles. The van der Waals surface area contributed by atoms with E-state index in [0.717, 1.165) is 44.5 Å². The minimum atomic E-state index is -0.568. The van der Waals surface area contributed by atoms with Crippen LogP contribution < -0.4 is 10.1 Å². The van der Waals surface area contributed by atoms with Gasteiger partial charge in [0.05, 0.1) is 12.2 Å². The van der Waals surface area contributed by atoms with Gasteiger partial charge in [0.25, 0.3) is 0 Å². The lowest BCUT2D eigenvalue weighted by molar-refractivity contribution is 0.134. The first-order valence-corrected chi connectivity index (χ1v) is 12.1. The lowest BCUT2D eigenvalue weighted by Gasteiger charge is -2.19. The second-order valence-corrected chi connectivity index (χ2v) is 9.17. The van der Waals surface area contributed by atoms with Crippen molar-refractivity contribution in [2.24, 2.45) is 11.8 Å². The molecule has 0 saturated heterocycles. The van der Waals surface area contributed by atoms with E-state index in [2.05, 4.69) is 35.4 Å². The van der Waals surface area contributed by atoms with Gasteiger partial charge in [-0.05, 0) is 57.2 Å². The number of hydrogen-bond donors (Lipinski definition) is 4. The molecule has 6 atom stereocenters. The first-order valence-electron chi connectivity index (χ1n) is 12.1. The van der Waals surface area contributed by atoms with Crippen molar-refractivity contribution in [2.75, 3.05) is 19.7 Å². The van der Waals surface area contributed by atoms with Gasteiger partial charge in [0.2, 0.25) is 0 Å². The molecule has 1 heterocycles. The Labute approximate surface area is 192 Å². The van der Waals surface area contributed by atoms with Crippen LogP contribution in [0.5, 0.6) is 5.75 Å². The molecule has 5 heteroatoms. The van der Waals surface area contributed by atoms with Crippen LogP contribution in [0.25, 0.3) is 0 Å². The molecular weight excluding hydrogens is 402 g/mol. The Morgan fingerprint density at radius 3 is 2.84 bits per heavy atom. The van der Waals surface area contributed by atoms with E-state index in [1.54, 1.807) is 0 Å². The number of nitrogens with one attached hydrogen (secondary N) is 1. The van der Waals surface area contributed by atoms with Gasteiger partial charge in [0.1, 0.15) is 11.9 Å². The molecule has 2 aliphatic rings. The number of unbranched alkanes of at least 4 members (excludes halogenated alkanes) is 1. The highest BCUT2D eigenvalue weighted by atomic mass is 16.5. The fourth-order valence-corrected chi connectivity index (χ4v) is 4.88. The standard InChI is InChI=1S/C27H39NO4/c1-3-4-9-19(2)23(30)14-13-21-24(31)18-25-26(21)22-12-7-11-20(27(22)32-25)10-5-6-15-28-16-8-17-29/h7,11-14,19,21,23-26,28-31H,5-6,8-10,15-18H2,1-2H3/t19-,21-,23+,24+,25-,26-/m0/s1. The van der Waals surface area contributed by atoms with Gasteiger partial charge in [-0.3, -0.25) is 0 Å². The summed E-state index contributed by atoms with van der Waals surface area (Å²) in [5.41, 5.74) is 2.44. The summed E-state index contributed by atoms with van der Waals surface area (Å²) in [7, 11) is 0. The maximum atomic E-state index is 10.7. The highest BCUT2D eigenvalue weighted by Crippen LogP contribution is 2.52. The summed E-state index contributed by atoms with van der Waals surface area (Å²) in [5.74, 6) is 7.06. The van der Waals surface area contributed by atoms with Gasteiger partial charge in [-0.1, -0.05) is 37.3 Å². The Morgan fingerprint density at radius 2 is 2.06 bits per heavy atom. The number of para-hydroxylation sites is 1. The molecule has 1 saturated carbocycles. The quantitative estimate of drug-likeness (QED) is 0.228. The van der Waals surface area contributed by atoms with Crippen LogP contribution >= 0.6 is 0 Å². The summed E-state index contributed by atoms with van der Waals surface area (Å²) < 4.78 is 6.36. The van der Waals surface area contributed by atoms with Crippen molar-refractivity contribution in [1.29, 1.82) is 0 Å². The first kappa shape index (κ1) is 24.8. The van der Waals surface area contributed by atoms with Gasteiger partial charge in [0.15, 0.2) is 0 Å². The van der Waals surface area contributed by atoms with Gasteiger partial charge in [0, 0.05) is 36.8 Å². The van der Waals surface area contributed by atoms with E-state index in [9.17, 15) is 10.2 Å². The monoisotopic (exact) mass is 441 g/mol. The molecule has 5 nitrogen and oxygen atoms in total. The predicted octanol–water partition coefficient (Wildman–Crippen LogP) is 3.17. The van der Waals surface area contributed by atoms with Crippen molar-refractivity contribution in [2.45, 2.75) is 76.6 Å². The number of benzene rings is 1. The summed E-state index contributed by atoms with van der Waals surface area (Å²) in [4.78, 5) is 0. The number of rotatable bonds is 12. The van der Waals surface area contributed by atoms with E-state index in [1.807, 2.05) is 26.0 Å². The molecule has 4 N–H and O–H groups in total.